The van der Waals surface area contributed by atoms with Gasteiger partial charge in [-0.1, -0.05) is 11.8 Å². The van der Waals surface area contributed by atoms with Crippen LogP contribution in [0.2, 0.25) is 0 Å². The number of ether oxygens (including phenoxy) is 1. The molecule has 0 fully saturated rings. The van der Waals surface area contributed by atoms with Crippen molar-refractivity contribution in [3.63, 3.8) is 0 Å². The smallest absolute Gasteiger partial charge is 0.314 e. The van der Waals surface area contributed by atoms with E-state index in [0.717, 1.165) is 23.1 Å². The fraction of sp³-hybridized carbons (Fsp3) is 0.250. The van der Waals surface area contributed by atoms with Gasteiger partial charge >= 0.3 is 5.97 Å². The fourth-order valence-corrected chi connectivity index (χ4v) is 1.85. The maximum atomic E-state index is 10.4. The third-order valence-electron chi connectivity index (χ3n) is 2.14. The minimum atomic E-state index is -0.925. The van der Waals surface area contributed by atoms with E-state index in [9.17, 15) is 4.79 Å². The van der Waals surface area contributed by atoms with Crippen molar-refractivity contribution in [2.45, 2.75) is 12.1 Å². The monoisotopic (exact) mass is 280 g/mol. The summed E-state index contributed by atoms with van der Waals surface area (Å²) in [5.74, 6) is 0.0956. The van der Waals surface area contributed by atoms with Gasteiger partial charge in [0.1, 0.15) is 11.5 Å². The van der Waals surface area contributed by atoms with E-state index in [1.165, 1.54) is 0 Å². The van der Waals surface area contributed by atoms with E-state index >= 15 is 0 Å². The van der Waals surface area contributed by atoms with Crippen LogP contribution in [0.4, 0.5) is 0 Å². The zero-order valence-corrected chi connectivity index (χ0v) is 11.0. The average Bonchev–Trinajstić information content (AvgIpc) is 2.86. The second-order valence-corrected chi connectivity index (χ2v) is 4.44. The number of aliphatic carboxylic acids is 1. The van der Waals surface area contributed by atoms with Gasteiger partial charge in [0.2, 0.25) is 5.89 Å². The highest BCUT2D eigenvalue weighted by atomic mass is 32.2. The molecule has 0 unspecified atom stereocenters. The van der Waals surface area contributed by atoms with Gasteiger partial charge in [-0.05, 0) is 31.2 Å². The maximum absolute atomic E-state index is 10.4. The van der Waals surface area contributed by atoms with Gasteiger partial charge in [-0.2, -0.15) is 0 Å². The molecule has 0 aliphatic rings. The Balaban J connectivity index is 2.07. The number of aromatic nitrogens is 2. The molecule has 0 bridgehead atoms. The van der Waals surface area contributed by atoms with Crippen LogP contribution in [-0.2, 0) is 4.79 Å². The first-order valence-corrected chi connectivity index (χ1v) is 6.59. The van der Waals surface area contributed by atoms with Crippen LogP contribution in [0, 0.1) is 0 Å². The zero-order valence-electron chi connectivity index (χ0n) is 10.2. The molecule has 1 aromatic carbocycles. The van der Waals surface area contributed by atoms with Gasteiger partial charge in [0.25, 0.3) is 5.22 Å². The van der Waals surface area contributed by atoms with Gasteiger partial charge in [0, 0.05) is 5.56 Å². The van der Waals surface area contributed by atoms with Crippen molar-refractivity contribution in [2.75, 3.05) is 12.4 Å². The molecule has 6 nitrogen and oxygen atoms in total. The van der Waals surface area contributed by atoms with Crippen LogP contribution in [0.3, 0.4) is 0 Å². The predicted molar refractivity (Wildman–Crippen MR) is 69.3 cm³/mol. The molecule has 1 N–H and O–H groups in total. The summed E-state index contributed by atoms with van der Waals surface area (Å²) in [7, 11) is 0. The lowest BCUT2D eigenvalue weighted by atomic mass is 10.2. The molecule has 0 spiro atoms. The van der Waals surface area contributed by atoms with E-state index < -0.39 is 5.97 Å². The summed E-state index contributed by atoms with van der Waals surface area (Å²) in [5, 5.41) is 16.4. The van der Waals surface area contributed by atoms with Crippen molar-refractivity contribution in [2.24, 2.45) is 0 Å². The molecule has 1 aromatic heterocycles. The number of hydrogen-bond acceptors (Lipinski definition) is 6. The molecular formula is C12H12N2O4S. The number of hydrogen-bond donors (Lipinski definition) is 1. The molecule has 2 aromatic rings. The number of benzene rings is 1. The van der Waals surface area contributed by atoms with Crippen molar-refractivity contribution in [3.05, 3.63) is 24.3 Å². The summed E-state index contributed by atoms with van der Waals surface area (Å²) >= 11 is 0.991. The van der Waals surface area contributed by atoms with Gasteiger partial charge < -0.3 is 14.3 Å². The lowest BCUT2D eigenvalue weighted by molar-refractivity contribution is -0.133. The molecule has 0 aliphatic heterocycles. The number of carbonyl (C=O) groups is 1. The van der Waals surface area contributed by atoms with Gasteiger partial charge in [-0.3, -0.25) is 4.79 Å². The molecule has 1 heterocycles. The lowest BCUT2D eigenvalue weighted by Crippen LogP contribution is -1.97. The largest absolute Gasteiger partial charge is 0.494 e. The summed E-state index contributed by atoms with van der Waals surface area (Å²) in [6.45, 7) is 2.52. The summed E-state index contributed by atoms with van der Waals surface area (Å²) < 4.78 is 10.7. The Hall–Kier alpha value is -2.02. The van der Waals surface area contributed by atoms with Crippen LogP contribution in [0.25, 0.3) is 11.5 Å². The molecule has 0 atom stereocenters. The van der Waals surface area contributed by atoms with Crippen molar-refractivity contribution >= 4 is 17.7 Å². The summed E-state index contributed by atoms with van der Waals surface area (Å²) in [6.07, 6.45) is 0. The molecule has 7 heteroatoms. The van der Waals surface area contributed by atoms with Crippen LogP contribution < -0.4 is 4.74 Å². The average molecular weight is 280 g/mol. The lowest BCUT2D eigenvalue weighted by Gasteiger charge is -2.02. The fourth-order valence-electron chi connectivity index (χ4n) is 1.37. The highest BCUT2D eigenvalue weighted by Gasteiger charge is 2.10. The standard InChI is InChI=1S/C12H12N2O4S/c1-2-17-9-5-3-8(4-6-9)11-13-14-12(18-11)19-7-10(15)16/h3-6H,2,7H2,1H3,(H,15,16). The molecular weight excluding hydrogens is 268 g/mol. The Bertz CT molecular complexity index is 553. The summed E-state index contributed by atoms with van der Waals surface area (Å²) in [6, 6.07) is 7.24. The molecule has 0 amide bonds. The molecule has 2 rings (SSSR count). The molecule has 0 saturated carbocycles. The first kappa shape index (κ1) is 13.4. The minimum absolute atomic E-state index is 0.106. The topological polar surface area (TPSA) is 85.5 Å². The molecule has 100 valence electrons. The highest BCUT2D eigenvalue weighted by Crippen LogP contribution is 2.24. The van der Waals surface area contributed by atoms with E-state index in [0.29, 0.717) is 12.5 Å². The first-order valence-electron chi connectivity index (χ1n) is 5.60. The third kappa shape index (κ3) is 3.72. The number of carboxylic acid groups (broad SMARTS) is 1. The van der Waals surface area contributed by atoms with Crippen LogP contribution in [0.1, 0.15) is 6.92 Å². The maximum Gasteiger partial charge on any atom is 0.314 e. The van der Waals surface area contributed by atoms with Crippen molar-refractivity contribution < 1.29 is 19.1 Å². The molecule has 0 radical (unpaired) electrons. The number of thioether (sulfide) groups is 1. The molecule has 19 heavy (non-hydrogen) atoms. The number of rotatable bonds is 6. The zero-order chi connectivity index (χ0) is 13.7. The first-order chi connectivity index (χ1) is 9.19. The predicted octanol–water partition coefficient (Wildman–Crippen LogP) is 2.31. The Labute approximate surface area is 113 Å². The normalized spacial score (nSPS) is 10.4. The van der Waals surface area contributed by atoms with Gasteiger partial charge in [0.15, 0.2) is 0 Å². The van der Waals surface area contributed by atoms with E-state index in [-0.39, 0.29) is 11.0 Å². The molecule has 0 saturated heterocycles. The summed E-state index contributed by atoms with van der Waals surface area (Å²) in [5.41, 5.74) is 0.762. The van der Waals surface area contributed by atoms with Crippen LogP contribution in [0.5, 0.6) is 5.75 Å². The van der Waals surface area contributed by atoms with Crippen molar-refractivity contribution in [3.8, 4) is 17.2 Å². The quantitative estimate of drug-likeness (QED) is 0.812. The van der Waals surface area contributed by atoms with Gasteiger partial charge in [-0.25, -0.2) is 0 Å². The Kier molecular flexibility index (Phi) is 4.40. The van der Waals surface area contributed by atoms with Crippen molar-refractivity contribution in [1.29, 1.82) is 0 Å². The Morgan fingerprint density at radius 3 is 2.74 bits per heavy atom. The number of carboxylic acids is 1. The van der Waals surface area contributed by atoms with Crippen LogP contribution >= 0.6 is 11.8 Å². The van der Waals surface area contributed by atoms with E-state index in [2.05, 4.69) is 10.2 Å². The van der Waals surface area contributed by atoms with E-state index in [4.69, 9.17) is 14.3 Å². The SMILES string of the molecule is CCOc1ccc(-c2nnc(SCC(=O)O)o2)cc1. The highest BCUT2D eigenvalue weighted by molar-refractivity contribution is 7.99. The van der Waals surface area contributed by atoms with Crippen LogP contribution in [-0.4, -0.2) is 33.6 Å². The van der Waals surface area contributed by atoms with Crippen LogP contribution in [0.15, 0.2) is 33.9 Å². The Morgan fingerprint density at radius 1 is 1.37 bits per heavy atom. The second kappa shape index (κ2) is 6.24. The van der Waals surface area contributed by atoms with E-state index in [1.54, 1.807) is 0 Å². The van der Waals surface area contributed by atoms with Gasteiger partial charge in [0.05, 0.1) is 6.61 Å². The van der Waals surface area contributed by atoms with Gasteiger partial charge in [-0.15, -0.1) is 10.2 Å². The Morgan fingerprint density at radius 2 is 2.11 bits per heavy atom. The third-order valence-corrected chi connectivity index (χ3v) is 2.94. The second-order valence-electron chi connectivity index (χ2n) is 3.51. The number of nitrogens with zero attached hydrogens (tertiary/aromatic N) is 2. The molecule has 0 aliphatic carbocycles. The van der Waals surface area contributed by atoms with E-state index in [1.807, 2.05) is 31.2 Å². The van der Waals surface area contributed by atoms with Crippen molar-refractivity contribution in [1.82, 2.24) is 10.2 Å². The minimum Gasteiger partial charge on any atom is -0.494 e. The summed E-state index contributed by atoms with van der Waals surface area (Å²) in [4.78, 5) is 10.4.